The quantitative estimate of drug-likeness (QED) is 0.0321. The number of carbonyl (C=O) groups excluding carboxylic acids is 2. The summed E-state index contributed by atoms with van der Waals surface area (Å²) in [5.74, 6) is -0.0368. The first-order chi connectivity index (χ1) is 33.5. The number of hydrogen-bond donors (Lipinski definition) is 3. The van der Waals surface area contributed by atoms with Gasteiger partial charge in [0.15, 0.2) is 0 Å². The Morgan fingerprint density at radius 1 is 0.397 bits per heavy atom. The van der Waals surface area contributed by atoms with Crippen molar-refractivity contribution in [3.63, 3.8) is 0 Å². The first-order valence-corrected chi connectivity index (χ1v) is 30.6. The maximum Gasteiger partial charge on any atom is 0.305 e. The van der Waals surface area contributed by atoms with Crippen LogP contribution >= 0.6 is 0 Å². The van der Waals surface area contributed by atoms with Gasteiger partial charge >= 0.3 is 5.97 Å². The van der Waals surface area contributed by atoms with E-state index in [-0.39, 0.29) is 18.5 Å². The number of unbranched alkanes of at least 4 members (excludes halogenated alkanes) is 42. The van der Waals surface area contributed by atoms with Gasteiger partial charge in [0, 0.05) is 12.8 Å². The van der Waals surface area contributed by atoms with Crippen LogP contribution in [0.4, 0.5) is 0 Å². The summed E-state index contributed by atoms with van der Waals surface area (Å²) in [6.45, 7) is 4.95. The monoisotopic (exact) mass is 958 g/mol. The van der Waals surface area contributed by atoms with E-state index in [1.165, 1.54) is 257 Å². The lowest BCUT2D eigenvalue weighted by Gasteiger charge is -2.22. The van der Waals surface area contributed by atoms with Gasteiger partial charge in [0.25, 0.3) is 0 Å². The summed E-state index contributed by atoms with van der Waals surface area (Å²) in [5, 5.41) is 23.2. The molecule has 0 aromatic carbocycles. The van der Waals surface area contributed by atoms with E-state index in [1.807, 2.05) is 0 Å². The van der Waals surface area contributed by atoms with Gasteiger partial charge in [-0.1, -0.05) is 269 Å². The molecule has 402 valence electrons. The summed E-state index contributed by atoms with van der Waals surface area (Å²) >= 11 is 0. The number of rotatable bonds is 57. The van der Waals surface area contributed by atoms with E-state index >= 15 is 0 Å². The fourth-order valence-electron chi connectivity index (χ4n) is 9.51. The molecule has 0 aliphatic heterocycles. The molecule has 0 fully saturated rings. The predicted molar refractivity (Wildman–Crippen MR) is 296 cm³/mol. The van der Waals surface area contributed by atoms with Crippen LogP contribution in [0.2, 0.25) is 0 Å². The van der Waals surface area contributed by atoms with Gasteiger partial charge in [0.1, 0.15) is 0 Å². The molecule has 68 heavy (non-hydrogen) atoms. The van der Waals surface area contributed by atoms with E-state index in [0.717, 1.165) is 44.9 Å². The van der Waals surface area contributed by atoms with E-state index in [2.05, 4.69) is 43.5 Å². The minimum atomic E-state index is -0.668. The fourth-order valence-corrected chi connectivity index (χ4v) is 9.51. The zero-order chi connectivity index (χ0) is 49.3. The molecule has 2 unspecified atom stereocenters. The molecule has 0 saturated carbocycles. The summed E-state index contributed by atoms with van der Waals surface area (Å²) in [7, 11) is 0. The Balaban J connectivity index is 3.40. The van der Waals surface area contributed by atoms with Crippen LogP contribution in [0.1, 0.15) is 335 Å². The maximum atomic E-state index is 12.5. The Labute approximate surface area is 424 Å². The van der Waals surface area contributed by atoms with Gasteiger partial charge in [-0.05, 0) is 77.0 Å². The molecule has 0 heterocycles. The lowest BCUT2D eigenvalue weighted by Crippen LogP contribution is -2.45. The summed E-state index contributed by atoms with van der Waals surface area (Å²) in [6.07, 6.45) is 70.4. The van der Waals surface area contributed by atoms with E-state index < -0.39 is 12.1 Å². The third kappa shape index (κ3) is 53.7. The van der Waals surface area contributed by atoms with Crippen LogP contribution in [0.3, 0.4) is 0 Å². The highest BCUT2D eigenvalue weighted by Gasteiger charge is 2.20. The van der Waals surface area contributed by atoms with Crippen LogP contribution in [-0.4, -0.2) is 47.4 Å². The lowest BCUT2D eigenvalue weighted by atomic mass is 10.0. The number of allylic oxidation sites excluding steroid dienone is 4. The van der Waals surface area contributed by atoms with Gasteiger partial charge in [0.05, 0.1) is 25.4 Å². The molecule has 0 spiro atoms. The SMILES string of the molecule is CCCCCCCC/C=C\CCCCCCCCCC(=O)OCCCCCCCCCCCC/C=C\CCCCCCCCCC(=O)NC(CO)C(O)CCCCCCCCCCCCCCC. The number of ether oxygens (including phenoxy) is 1. The van der Waals surface area contributed by atoms with Crippen molar-refractivity contribution in [3.05, 3.63) is 24.3 Å². The van der Waals surface area contributed by atoms with Gasteiger partial charge in [-0.2, -0.15) is 0 Å². The minimum absolute atomic E-state index is 0.00519. The van der Waals surface area contributed by atoms with E-state index in [0.29, 0.717) is 25.9 Å². The predicted octanol–water partition coefficient (Wildman–Crippen LogP) is 19.0. The molecule has 6 nitrogen and oxygen atoms in total. The average Bonchev–Trinajstić information content (AvgIpc) is 3.34. The second-order valence-electron chi connectivity index (χ2n) is 21.0. The number of nitrogens with one attached hydrogen (secondary N) is 1. The molecule has 6 heteroatoms. The first-order valence-electron chi connectivity index (χ1n) is 30.6. The average molecular weight is 959 g/mol. The highest BCUT2D eigenvalue weighted by Crippen LogP contribution is 2.17. The van der Waals surface area contributed by atoms with E-state index in [1.54, 1.807) is 0 Å². The molecule has 0 bridgehead atoms. The molecule has 0 radical (unpaired) electrons. The van der Waals surface area contributed by atoms with Crippen LogP contribution in [0, 0.1) is 0 Å². The number of amides is 1. The number of esters is 1. The Kier molecular flexibility index (Phi) is 56.5. The fraction of sp³-hybridized carbons (Fsp3) is 0.903. The second-order valence-corrected chi connectivity index (χ2v) is 21.0. The molecule has 3 N–H and O–H groups in total. The highest BCUT2D eigenvalue weighted by atomic mass is 16.5. The summed E-state index contributed by atoms with van der Waals surface area (Å²) in [6, 6.07) is -0.546. The van der Waals surface area contributed by atoms with Crippen molar-refractivity contribution in [2.45, 2.75) is 347 Å². The van der Waals surface area contributed by atoms with Crippen LogP contribution in [0.25, 0.3) is 0 Å². The number of aliphatic hydroxyl groups is 2. The smallest absolute Gasteiger partial charge is 0.305 e. The van der Waals surface area contributed by atoms with Gasteiger partial charge in [0.2, 0.25) is 5.91 Å². The van der Waals surface area contributed by atoms with Crippen molar-refractivity contribution < 1.29 is 24.5 Å². The molecule has 0 aromatic heterocycles. The Morgan fingerprint density at radius 3 is 1.04 bits per heavy atom. The van der Waals surface area contributed by atoms with Crippen molar-refractivity contribution in [3.8, 4) is 0 Å². The molecular weight excluding hydrogens is 839 g/mol. The van der Waals surface area contributed by atoms with Crippen molar-refractivity contribution >= 4 is 11.9 Å². The molecule has 0 saturated heterocycles. The van der Waals surface area contributed by atoms with Gasteiger partial charge in [-0.15, -0.1) is 0 Å². The van der Waals surface area contributed by atoms with E-state index in [9.17, 15) is 19.8 Å². The van der Waals surface area contributed by atoms with Crippen LogP contribution in [0.5, 0.6) is 0 Å². The number of aliphatic hydroxyl groups excluding tert-OH is 2. The molecule has 0 rings (SSSR count). The molecule has 0 aromatic rings. The highest BCUT2D eigenvalue weighted by molar-refractivity contribution is 5.76. The Hall–Kier alpha value is -1.66. The molecule has 0 aliphatic rings. The molecule has 1 amide bonds. The van der Waals surface area contributed by atoms with E-state index in [4.69, 9.17) is 4.74 Å². The summed E-state index contributed by atoms with van der Waals surface area (Å²) in [5.41, 5.74) is 0. The number of carbonyl (C=O) groups is 2. The molecule has 0 aliphatic carbocycles. The van der Waals surface area contributed by atoms with Gasteiger partial charge in [-0.3, -0.25) is 9.59 Å². The topological polar surface area (TPSA) is 95.9 Å². The van der Waals surface area contributed by atoms with Gasteiger partial charge in [-0.25, -0.2) is 0 Å². The van der Waals surface area contributed by atoms with Crippen molar-refractivity contribution in [1.82, 2.24) is 5.32 Å². The third-order valence-electron chi connectivity index (χ3n) is 14.2. The summed E-state index contributed by atoms with van der Waals surface area (Å²) in [4.78, 5) is 24.5. The van der Waals surface area contributed by atoms with Crippen LogP contribution in [-0.2, 0) is 14.3 Å². The zero-order valence-electron chi connectivity index (χ0n) is 45.9. The standard InChI is InChI=1S/C62H119NO5/c1-3-5-7-9-11-13-15-17-18-24-28-32-36-40-44-48-52-56-62(67)68-57-53-49-45-41-37-33-29-26-23-21-19-20-22-25-27-31-35-39-43-47-51-55-61(66)63-59(58-64)60(65)54-50-46-42-38-34-30-16-14-12-10-8-6-4-2/h17-18,20,22,59-60,64-65H,3-16,19,21,23-58H2,1-2H3,(H,63,66)/b18-17-,22-20-. The molecule has 2 atom stereocenters. The maximum absolute atomic E-state index is 12.5. The normalized spacial score (nSPS) is 12.7. The third-order valence-corrected chi connectivity index (χ3v) is 14.2. The first kappa shape index (κ1) is 66.3. The second kappa shape index (κ2) is 57.9. The van der Waals surface area contributed by atoms with Crippen LogP contribution in [0.15, 0.2) is 24.3 Å². The lowest BCUT2D eigenvalue weighted by molar-refractivity contribution is -0.143. The Bertz CT molecular complexity index is 1060. The van der Waals surface area contributed by atoms with Gasteiger partial charge < -0.3 is 20.3 Å². The van der Waals surface area contributed by atoms with Crippen molar-refractivity contribution in [2.24, 2.45) is 0 Å². The zero-order valence-corrected chi connectivity index (χ0v) is 45.9. The van der Waals surface area contributed by atoms with Crippen molar-refractivity contribution in [2.75, 3.05) is 13.2 Å². The number of hydrogen-bond acceptors (Lipinski definition) is 5. The van der Waals surface area contributed by atoms with Crippen LogP contribution < -0.4 is 5.32 Å². The Morgan fingerprint density at radius 2 is 0.691 bits per heavy atom. The van der Waals surface area contributed by atoms with Crippen molar-refractivity contribution in [1.29, 1.82) is 0 Å². The molecular formula is C62H119NO5. The minimum Gasteiger partial charge on any atom is -0.466 e. The largest absolute Gasteiger partial charge is 0.466 e. The summed E-state index contributed by atoms with van der Waals surface area (Å²) < 4.78 is 5.49.